The summed E-state index contributed by atoms with van der Waals surface area (Å²) in [7, 11) is 0. The molecule has 0 saturated heterocycles. The number of H-pyrrole nitrogens is 1. The van der Waals surface area contributed by atoms with Gasteiger partial charge in [0.15, 0.2) is 5.82 Å². The zero-order valence-electron chi connectivity index (χ0n) is 13.9. The third-order valence-corrected chi connectivity index (χ3v) is 3.86. The van der Waals surface area contributed by atoms with Gasteiger partial charge in [0.1, 0.15) is 5.75 Å². The van der Waals surface area contributed by atoms with Crippen LogP contribution in [0.1, 0.15) is 25.5 Å². The zero-order valence-corrected chi connectivity index (χ0v) is 13.9. The average molecular weight is 323 g/mol. The molecule has 0 amide bonds. The first-order valence-corrected chi connectivity index (χ1v) is 8.06. The Balaban J connectivity index is 2.00. The van der Waals surface area contributed by atoms with E-state index in [-0.39, 0.29) is 0 Å². The Morgan fingerprint density at radius 2 is 1.96 bits per heavy atom. The first-order valence-electron chi connectivity index (χ1n) is 8.06. The van der Waals surface area contributed by atoms with Crippen molar-refractivity contribution >= 4 is 5.82 Å². The van der Waals surface area contributed by atoms with E-state index in [4.69, 9.17) is 10.5 Å². The summed E-state index contributed by atoms with van der Waals surface area (Å²) in [5.74, 6) is 1.19. The molecule has 0 unspecified atom stereocenters. The van der Waals surface area contributed by atoms with Crippen molar-refractivity contribution in [1.29, 1.82) is 0 Å². The number of para-hydroxylation sites is 1. The van der Waals surface area contributed by atoms with Crippen LogP contribution in [0.5, 0.6) is 5.75 Å². The highest BCUT2D eigenvalue weighted by molar-refractivity contribution is 5.79. The molecule has 124 valence electrons. The molecule has 0 fully saturated rings. The molecule has 3 rings (SSSR count). The number of aromatic nitrogens is 4. The fourth-order valence-electron chi connectivity index (χ4n) is 2.50. The van der Waals surface area contributed by atoms with Gasteiger partial charge in [-0.25, -0.2) is 0 Å². The second-order valence-corrected chi connectivity index (χ2v) is 5.64. The third kappa shape index (κ3) is 3.22. The van der Waals surface area contributed by atoms with Crippen LogP contribution in [0.25, 0.3) is 22.4 Å². The molecule has 0 atom stereocenters. The maximum absolute atomic E-state index is 6.02. The van der Waals surface area contributed by atoms with Crippen LogP contribution >= 0.6 is 0 Å². The molecule has 3 aromatic rings. The highest BCUT2D eigenvalue weighted by atomic mass is 16.5. The lowest BCUT2D eigenvalue weighted by molar-refractivity contribution is 0.310. The molecule has 0 radical (unpaired) electrons. The maximum atomic E-state index is 6.02. The molecule has 6 heteroatoms. The van der Waals surface area contributed by atoms with E-state index in [2.05, 4.69) is 27.3 Å². The topological polar surface area (TPSA) is 89.7 Å². The number of nitrogens with zero attached hydrogens (tertiary/aromatic N) is 3. The Kier molecular flexibility index (Phi) is 4.74. The third-order valence-electron chi connectivity index (χ3n) is 3.86. The van der Waals surface area contributed by atoms with Gasteiger partial charge in [-0.3, -0.25) is 5.10 Å². The monoisotopic (exact) mass is 323 g/mol. The Hall–Kier alpha value is -2.89. The van der Waals surface area contributed by atoms with Gasteiger partial charge >= 0.3 is 0 Å². The second kappa shape index (κ2) is 7.12. The van der Waals surface area contributed by atoms with Crippen molar-refractivity contribution in [2.75, 3.05) is 12.3 Å². The molecule has 0 aliphatic heterocycles. The van der Waals surface area contributed by atoms with Crippen molar-refractivity contribution in [3.8, 4) is 28.1 Å². The van der Waals surface area contributed by atoms with Gasteiger partial charge in [-0.05, 0) is 31.5 Å². The summed E-state index contributed by atoms with van der Waals surface area (Å²) in [6.45, 7) is 4.77. The molecule has 2 aromatic heterocycles. The SMILES string of the molecule is CCCCOc1ccccc1-c1cc(-c2cn[nH]c2C)c(N)nn1. The summed E-state index contributed by atoms with van der Waals surface area (Å²) in [5.41, 5.74) is 10.3. The number of ether oxygens (including phenoxy) is 1. The molecular weight excluding hydrogens is 302 g/mol. The predicted octanol–water partition coefficient (Wildman–Crippen LogP) is 3.60. The van der Waals surface area contributed by atoms with E-state index in [1.807, 2.05) is 37.3 Å². The Bertz CT molecular complexity index is 828. The van der Waals surface area contributed by atoms with E-state index in [0.717, 1.165) is 46.7 Å². The number of nitrogens with one attached hydrogen (secondary N) is 1. The first-order chi connectivity index (χ1) is 11.7. The average Bonchev–Trinajstić information content (AvgIpc) is 3.02. The van der Waals surface area contributed by atoms with Crippen molar-refractivity contribution < 1.29 is 4.74 Å². The largest absolute Gasteiger partial charge is 0.493 e. The number of nitrogen functional groups attached to an aromatic ring is 1. The van der Waals surface area contributed by atoms with E-state index in [0.29, 0.717) is 12.4 Å². The van der Waals surface area contributed by atoms with E-state index >= 15 is 0 Å². The molecule has 3 N–H and O–H groups in total. The minimum absolute atomic E-state index is 0.382. The fraction of sp³-hybridized carbons (Fsp3) is 0.278. The number of benzene rings is 1. The standard InChI is InChI=1S/C18H21N5O/c1-3-4-9-24-17-8-6-5-7-13(17)16-10-14(18(19)23-22-16)15-11-20-21-12(15)2/h5-8,10-11H,3-4,9H2,1-2H3,(H2,19,23)(H,20,21). The van der Waals surface area contributed by atoms with E-state index in [9.17, 15) is 0 Å². The molecule has 0 aliphatic rings. The number of aryl methyl sites for hydroxylation is 1. The van der Waals surface area contributed by atoms with Crippen LogP contribution in [-0.2, 0) is 0 Å². The van der Waals surface area contributed by atoms with Crippen LogP contribution in [0.2, 0.25) is 0 Å². The van der Waals surface area contributed by atoms with Crippen molar-refractivity contribution in [3.63, 3.8) is 0 Å². The lowest BCUT2D eigenvalue weighted by Gasteiger charge is -2.12. The number of hydrogen-bond donors (Lipinski definition) is 2. The van der Waals surface area contributed by atoms with Gasteiger partial charge in [0, 0.05) is 22.4 Å². The summed E-state index contributed by atoms with van der Waals surface area (Å²) < 4.78 is 5.90. The first kappa shape index (κ1) is 16.0. The lowest BCUT2D eigenvalue weighted by atomic mass is 10.0. The highest BCUT2D eigenvalue weighted by Gasteiger charge is 2.14. The van der Waals surface area contributed by atoms with E-state index in [1.54, 1.807) is 6.20 Å². The van der Waals surface area contributed by atoms with Gasteiger partial charge in [0.2, 0.25) is 0 Å². The van der Waals surface area contributed by atoms with Gasteiger partial charge in [0.25, 0.3) is 0 Å². The lowest BCUT2D eigenvalue weighted by Crippen LogP contribution is -2.01. The van der Waals surface area contributed by atoms with Crippen LogP contribution in [0.4, 0.5) is 5.82 Å². The summed E-state index contributed by atoms with van der Waals surface area (Å²) in [4.78, 5) is 0. The summed E-state index contributed by atoms with van der Waals surface area (Å²) in [6.07, 6.45) is 3.85. The summed E-state index contributed by atoms with van der Waals surface area (Å²) in [5, 5.41) is 15.3. The van der Waals surface area contributed by atoms with Gasteiger partial charge in [-0.15, -0.1) is 10.2 Å². The molecule has 6 nitrogen and oxygen atoms in total. The van der Waals surface area contributed by atoms with Crippen molar-refractivity contribution in [1.82, 2.24) is 20.4 Å². The van der Waals surface area contributed by atoms with Gasteiger partial charge in [-0.1, -0.05) is 25.5 Å². The van der Waals surface area contributed by atoms with Crippen LogP contribution in [0.15, 0.2) is 36.5 Å². The molecule has 2 heterocycles. The molecule has 0 spiro atoms. The van der Waals surface area contributed by atoms with E-state index < -0.39 is 0 Å². The van der Waals surface area contributed by atoms with Crippen LogP contribution in [0.3, 0.4) is 0 Å². The van der Waals surface area contributed by atoms with Gasteiger partial charge < -0.3 is 10.5 Å². The molecule has 0 aliphatic carbocycles. The van der Waals surface area contributed by atoms with Crippen molar-refractivity contribution in [3.05, 3.63) is 42.2 Å². The molecular formula is C18H21N5O. The molecule has 24 heavy (non-hydrogen) atoms. The molecule has 1 aromatic carbocycles. The number of unbranched alkanes of at least 4 members (excludes halogenated alkanes) is 1. The summed E-state index contributed by atoms with van der Waals surface area (Å²) in [6, 6.07) is 9.78. The van der Waals surface area contributed by atoms with Crippen LogP contribution in [-0.4, -0.2) is 27.0 Å². The summed E-state index contributed by atoms with van der Waals surface area (Å²) >= 11 is 0. The molecule has 0 bridgehead atoms. The molecule has 0 saturated carbocycles. The number of aromatic amines is 1. The number of rotatable bonds is 6. The van der Waals surface area contributed by atoms with Gasteiger partial charge in [0.05, 0.1) is 18.5 Å². The highest BCUT2D eigenvalue weighted by Crippen LogP contribution is 2.33. The number of hydrogen-bond acceptors (Lipinski definition) is 5. The second-order valence-electron chi connectivity index (χ2n) is 5.64. The van der Waals surface area contributed by atoms with E-state index in [1.165, 1.54) is 0 Å². The smallest absolute Gasteiger partial charge is 0.154 e. The number of anilines is 1. The van der Waals surface area contributed by atoms with Gasteiger partial charge in [-0.2, -0.15) is 5.10 Å². The minimum Gasteiger partial charge on any atom is -0.493 e. The normalized spacial score (nSPS) is 10.8. The zero-order chi connectivity index (χ0) is 16.9. The Morgan fingerprint density at radius 1 is 1.12 bits per heavy atom. The number of nitrogens with two attached hydrogens (primary N) is 1. The maximum Gasteiger partial charge on any atom is 0.154 e. The Labute approximate surface area is 141 Å². The predicted molar refractivity (Wildman–Crippen MR) is 94.6 cm³/mol. The van der Waals surface area contributed by atoms with Crippen molar-refractivity contribution in [2.24, 2.45) is 0 Å². The minimum atomic E-state index is 0.382. The van der Waals surface area contributed by atoms with Crippen LogP contribution in [0, 0.1) is 6.92 Å². The van der Waals surface area contributed by atoms with Crippen LogP contribution < -0.4 is 10.5 Å². The fourth-order valence-corrected chi connectivity index (χ4v) is 2.50. The quantitative estimate of drug-likeness (QED) is 0.676. The van der Waals surface area contributed by atoms with Crippen molar-refractivity contribution in [2.45, 2.75) is 26.7 Å². The Morgan fingerprint density at radius 3 is 2.71 bits per heavy atom.